The number of aromatic nitrogens is 2. The van der Waals surface area contributed by atoms with Gasteiger partial charge >= 0.3 is 16.2 Å². The number of nitrogen functional groups attached to an aromatic ring is 1. The second kappa shape index (κ2) is 5.85. The normalized spacial score (nSPS) is 11.0. The van der Waals surface area contributed by atoms with E-state index in [1.54, 1.807) is 12.1 Å². The highest BCUT2D eigenvalue weighted by Gasteiger charge is 2.18. The first-order valence-corrected chi connectivity index (χ1v) is 7.33. The van der Waals surface area contributed by atoms with E-state index in [-0.39, 0.29) is 16.7 Å². The SMILES string of the molecule is Cc1ccc(S(=O)(=O)Oc2cc(NC(=O)O)nc(N)n2)cc1. The molecule has 0 saturated heterocycles. The zero-order valence-corrected chi connectivity index (χ0v) is 12.2. The van der Waals surface area contributed by atoms with Crippen molar-refractivity contribution in [3.8, 4) is 5.88 Å². The van der Waals surface area contributed by atoms with Crippen molar-refractivity contribution in [3.63, 3.8) is 0 Å². The fourth-order valence-electron chi connectivity index (χ4n) is 1.52. The standard InChI is InChI=1S/C12H12N4O5S/c1-7-2-4-8(5-3-7)22(19,20)21-10-6-9(15-12(17)18)14-11(13)16-10/h2-6H,1H3,(H,17,18)(H3,13,14,15,16). The molecule has 0 bridgehead atoms. The Hall–Kier alpha value is -2.88. The van der Waals surface area contributed by atoms with Crippen molar-refractivity contribution in [1.82, 2.24) is 9.97 Å². The van der Waals surface area contributed by atoms with Crippen molar-refractivity contribution in [3.05, 3.63) is 35.9 Å². The van der Waals surface area contributed by atoms with Crippen LogP contribution in [0.5, 0.6) is 5.88 Å². The molecule has 0 unspecified atom stereocenters. The van der Waals surface area contributed by atoms with Crippen LogP contribution in [-0.4, -0.2) is 29.6 Å². The number of rotatable bonds is 4. The molecule has 0 aliphatic rings. The fraction of sp³-hybridized carbons (Fsp3) is 0.0833. The van der Waals surface area contributed by atoms with Gasteiger partial charge in [-0.1, -0.05) is 17.7 Å². The average Bonchev–Trinajstić information content (AvgIpc) is 2.36. The number of anilines is 2. The maximum absolute atomic E-state index is 12.1. The predicted octanol–water partition coefficient (Wildman–Crippen LogP) is 1.22. The molecular weight excluding hydrogens is 312 g/mol. The van der Waals surface area contributed by atoms with E-state index in [0.717, 1.165) is 11.6 Å². The predicted molar refractivity (Wildman–Crippen MR) is 77.1 cm³/mol. The Morgan fingerprint density at radius 1 is 1.27 bits per heavy atom. The van der Waals surface area contributed by atoms with Gasteiger partial charge in [0.25, 0.3) is 0 Å². The van der Waals surface area contributed by atoms with Crippen LogP contribution in [0.1, 0.15) is 5.56 Å². The number of hydrogen-bond donors (Lipinski definition) is 3. The summed E-state index contributed by atoms with van der Waals surface area (Å²) in [7, 11) is -4.11. The monoisotopic (exact) mass is 324 g/mol. The largest absolute Gasteiger partial charge is 0.465 e. The molecule has 1 heterocycles. The van der Waals surface area contributed by atoms with Crippen LogP contribution in [-0.2, 0) is 10.1 Å². The summed E-state index contributed by atoms with van der Waals surface area (Å²) in [5.41, 5.74) is 6.27. The number of nitrogens with one attached hydrogen (secondary N) is 1. The quantitative estimate of drug-likeness (QED) is 0.712. The van der Waals surface area contributed by atoms with E-state index in [4.69, 9.17) is 15.0 Å². The summed E-state index contributed by atoms with van der Waals surface area (Å²) in [6.07, 6.45) is -1.38. The van der Waals surface area contributed by atoms with E-state index in [0.29, 0.717) is 0 Å². The minimum atomic E-state index is -4.11. The molecule has 116 valence electrons. The average molecular weight is 324 g/mol. The molecule has 0 saturated carbocycles. The molecule has 22 heavy (non-hydrogen) atoms. The molecule has 0 aliphatic carbocycles. The molecule has 4 N–H and O–H groups in total. The van der Waals surface area contributed by atoms with Crippen LogP contribution in [0.15, 0.2) is 35.2 Å². The Bertz CT molecular complexity index is 805. The third-order valence-corrected chi connectivity index (χ3v) is 3.70. The first-order chi connectivity index (χ1) is 10.3. The molecule has 0 atom stereocenters. The smallest absolute Gasteiger partial charge is 0.410 e. The second-order valence-electron chi connectivity index (χ2n) is 4.23. The van der Waals surface area contributed by atoms with E-state index >= 15 is 0 Å². The summed E-state index contributed by atoms with van der Waals surface area (Å²) in [6.45, 7) is 1.81. The van der Waals surface area contributed by atoms with E-state index in [1.807, 2.05) is 12.2 Å². The van der Waals surface area contributed by atoms with Crippen molar-refractivity contribution >= 4 is 28.0 Å². The number of benzene rings is 1. The van der Waals surface area contributed by atoms with Gasteiger partial charge in [0.15, 0.2) is 0 Å². The van der Waals surface area contributed by atoms with Crippen molar-refractivity contribution in [1.29, 1.82) is 0 Å². The maximum atomic E-state index is 12.1. The van der Waals surface area contributed by atoms with Gasteiger partial charge in [0.2, 0.25) is 11.8 Å². The molecule has 0 radical (unpaired) electrons. The fourth-order valence-corrected chi connectivity index (χ4v) is 2.40. The third-order valence-electron chi connectivity index (χ3n) is 2.46. The number of hydrogen-bond acceptors (Lipinski definition) is 7. The number of aryl methyl sites for hydroxylation is 1. The van der Waals surface area contributed by atoms with Crippen LogP contribution < -0.4 is 15.2 Å². The summed E-state index contributed by atoms with van der Waals surface area (Å²) in [6, 6.07) is 7.00. The van der Waals surface area contributed by atoms with Crippen molar-refractivity contribution < 1.29 is 22.5 Å². The Kier molecular flexibility index (Phi) is 4.13. The van der Waals surface area contributed by atoms with E-state index in [1.165, 1.54) is 12.1 Å². The zero-order valence-electron chi connectivity index (χ0n) is 11.3. The van der Waals surface area contributed by atoms with E-state index in [9.17, 15) is 13.2 Å². The van der Waals surface area contributed by atoms with Gasteiger partial charge in [0.05, 0.1) is 0 Å². The maximum Gasteiger partial charge on any atom is 0.410 e. The Balaban J connectivity index is 2.31. The Morgan fingerprint density at radius 2 is 1.91 bits per heavy atom. The van der Waals surface area contributed by atoms with Crippen molar-refractivity contribution in [2.45, 2.75) is 11.8 Å². The lowest BCUT2D eigenvalue weighted by Crippen LogP contribution is -2.14. The molecule has 10 heteroatoms. The van der Waals surface area contributed by atoms with Crippen LogP contribution in [0.3, 0.4) is 0 Å². The van der Waals surface area contributed by atoms with Gasteiger partial charge in [-0.2, -0.15) is 18.4 Å². The molecule has 0 fully saturated rings. The number of carbonyl (C=O) groups is 1. The Labute approximate surface area is 125 Å². The first-order valence-electron chi connectivity index (χ1n) is 5.92. The molecular formula is C12H12N4O5S. The van der Waals surface area contributed by atoms with E-state index in [2.05, 4.69) is 9.97 Å². The molecule has 0 spiro atoms. The van der Waals surface area contributed by atoms with Gasteiger partial charge < -0.3 is 15.0 Å². The lowest BCUT2D eigenvalue weighted by molar-refractivity contribution is 0.209. The van der Waals surface area contributed by atoms with Gasteiger partial charge in [-0.05, 0) is 19.1 Å². The molecule has 1 amide bonds. The summed E-state index contributed by atoms with van der Waals surface area (Å²) in [5.74, 6) is -0.925. The van der Waals surface area contributed by atoms with Crippen molar-refractivity contribution in [2.24, 2.45) is 0 Å². The van der Waals surface area contributed by atoms with Gasteiger partial charge in [0.1, 0.15) is 10.7 Å². The molecule has 1 aromatic heterocycles. The Morgan fingerprint density at radius 3 is 2.50 bits per heavy atom. The van der Waals surface area contributed by atoms with Gasteiger partial charge in [-0.25, -0.2) is 4.79 Å². The molecule has 9 nitrogen and oxygen atoms in total. The van der Waals surface area contributed by atoms with Crippen LogP contribution in [0.2, 0.25) is 0 Å². The number of nitrogens with two attached hydrogens (primary N) is 1. The van der Waals surface area contributed by atoms with Gasteiger partial charge in [-0.3, -0.25) is 5.32 Å². The molecule has 1 aromatic carbocycles. The van der Waals surface area contributed by atoms with Crippen LogP contribution in [0.25, 0.3) is 0 Å². The van der Waals surface area contributed by atoms with Crippen molar-refractivity contribution in [2.75, 3.05) is 11.1 Å². The number of carboxylic acid groups (broad SMARTS) is 1. The molecule has 2 aromatic rings. The highest BCUT2D eigenvalue weighted by molar-refractivity contribution is 7.87. The summed E-state index contributed by atoms with van der Waals surface area (Å²) in [5, 5.41) is 10.5. The van der Waals surface area contributed by atoms with Gasteiger partial charge in [0, 0.05) is 6.07 Å². The second-order valence-corrected chi connectivity index (χ2v) is 5.78. The number of nitrogens with zero attached hydrogens (tertiary/aromatic N) is 2. The lowest BCUT2D eigenvalue weighted by Gasteiger charge is -2.08. The minimum absolute atomic E-state index is 0.0666. The lowest BCUT2D eigenvalue weighted by atomic mass is 10.2. The highest BCUT2D eigenvalue weighted by Crippen LogP contribution is 2.20. The van der Waals surface area contributed by atoms with Crippen LogP contribution in [0, 0.1) is 6.92 Å². The van der Waals surface area contributed by atoms with Gasteiger partial charge in [-0.15, -0.1) is 0 Å². The first kappa shape index (κ1) is 15.5. The minimum Gasteiger partial charge on any atom is -0.465 e. The van der Waals surface area contributed by atoms with E-state index < -0.39 is 22.1 Å². The number of amides is 1. The summed E-state index contributed by atoms with van der Waals surface area (Å²) in [4.78, 5) is 17.7. The summed E-state index contributed by atoms with van der Waals surface area (Å²) < 4.78 is 29.0. The highest BCUT2D eigenvalue weighted by atomic mass is 32.2. The molecule has 2 rings (SSSR count). The topological polar surface area (TPSA) is 144 Å². The van der Waals surface area contributed by atoms with Crippen LogP contribution >= 0.6 is 0 Å². The summed E-state index contributed by atoms with van der Waals surface area (Å²) >= 11 is 0. The third kappa shape index (κ3) is 3.82. The molecule has 0 aliphatic heterocycles. The van der Waals surface area contributed by atoms with Crippen LogP contribution in [0.4, 0.5) is 16.6 Å². The zero-order chi connectivity index (χ0) is 16.3.